The van der Waals surface area contributed by atoms with Crippen LogP contribution in [-0.4, -0.2) is 35.1 Å². The van der Waals surface area contributed by atoms with Crippen LogP contribution in [0.5, 0.6) is 0 Å². The minimum atomic E-state index is -0.947. The van der Waals surface area contributed by atoms with Crippen molar-refractivity contribution in [3.63, 3.8) is 0 Å². The van der Waals surface area contributed by atoms with Gasteiger partial charge in [0.05, 0.1) is 6.10 Å². The predicted octanol–water partition coefficient (Wildman–Crippen LogP) is 0.322. The highest BCUT2D eigenvalue weighted by Crippen LogP contribution is 2.28. The van der Waals surface area contributed by atoms with Crippen LogP contribution in [-0.2, 0) is 9.59 Å². The van der Waals surface area contributed by atoms with E-state index in [-0.39, 0.29) is 17.4 Å². The van der Waals surface area contributed by atoms with E-state index in [1.54, 1.807) is 0 Å². The third-order valence-corrected chi connectivity index (χ3v) is 4.07. The quantitative estimate of drug-likeness (QED) is 0.621. The fourth-order valence-electron chi connectivity index (χ4n) is 2.92. The molecular formula is C13H22N2O3. The molecule has 2 fully saturated rings. The van der Waals surface area contributed by atoms with E-state index in [1.165, 1.54) is 6.42 Å². The average Bonchev–Trinajstić information content (AvgIpc) is 2.28. The van der Waals surface area contributed by atoms with Crippen molar-refractivity contribution in [3.05, 3.63) is 0 Å². The van der Waals surface area contributed by atoms with Crippen LogP contribution in [0, 0.1) is 5.92 Å². The Morgan fingerprint density at radius 2 is 2.06 bits per heavy atom. The monoisotopic (exact) mass is 254 g/mol. The maximum absolute atomic E-state index is 12.2. The second-order valence-corrected chi connectivity index (χ2v) is 5.74. The molecule has 5 heteroatoms. The minimum absolute atomic E-state index is 0.215. The molecule has 3 N–H and O–H groups in total. The van der Waals surface area contributed by atoms with Crippen molar-refractivity contribution < 1.29 is 14.7 Å². The standard InChI is InChI=1S/C13H22N2O3/c1-13(6-3-2-4-7-13)15-12(18)10-9(16)5-8-14-11(10)17/h9-10,16H,2-8H2,1H3,(H,14,17)(H,15,18). The van der Waals surface area contributed by atoms with E-state index in [0.29, 0.717) is 13.0 Å². The number of rotatable bonds is 2. The lowest BCUT2D eigenvalue weighted by atomic mass is 9.82. The third kappa shape index (κ3) is 2.83. The van der Waals surface area contributed by atoms with Crippen molar-refractivity contribution in [2.45, 2.75) is 57.1 Å². The molecule has 102 valence electrons. The van der Waals surface area contributed by atoms with Crippen LogP contribution in [0.4, 0.5) is 0 Å². The maximum Gasteiger partial charge on any atom is 0.235 e. The Balaban J connectivity index is 1.99. The van der Waals surface area contributed by atoms with Crippen LogP contribution >= 0.6 is 0 Å². The first kappa shape index (κ1) is 13.3. The first-order valence-corrected chi connectivity index (χ1v) is 6.80. The summed E-state index contributed by atoms with van der Waals surface area (Å²) in [5, 5.41) is 15.4. The Morgan fingerprint density at radius 3 is 2.67 bits per heavy atom. The zero-order valence-electron chi connectivity index (χ0n) is 10.9. The molecule has 1 aliphatic heterocycles. The summed E-state index contributed by atoms with van der Waals surface area (Å²) >= 11 is 0. The molecule has 0 aromatic heterocycles. The molecule has 2 atom stereocenters. The summed E-state index contributed by atoms with van der Waals surface area (Å²) in [6.45, 7) is 2.47. The lowest BCUT2D eigenvalue weighted by Crippen LogP contribution is -2.57. The molecule has 1 saturated carbocycles. The molecule has 0 spiro atoms. The zero-order valence-corrected chi connectivity index (χ0v) is 10.9. The lowest BCUT2D eigenvalue weighted by molar-refractivity contribution is -0.143. The minimum Gasteiger partial charge on any atom is -0.392 e. The summed E-state index contributed by atoms with van der Waals surface area (Å²) in [5.41, 5.74) is -0.215. The summed E-state index contributed by atoms with van der Waals surface area (Å²) < 4.78 is 0. The van der Waals surface area contributed by atoms with E-state index in [4.69, 9.17) is 0 Å². The Hall–Kier alpha value is -1.10. The fourth-order valence-corrected chi connectivity index (χ4v) is 2.92. The van der Waals surface area contributed by atoms with Crippen LogP contribution in [0.3, 0.4) is 0 Å². The molecule has 0 bridgehead atoms. The number of nitrogens with one attached hydrogen (secondary N) is 2. The first-order valence-electron chi connectivity index (χ1n) is 6.80. The molecule has 18 heavy (non-hydrogen) atoms. The molecule has 2 amide bonds. The van der Waals surface area contributed by atoms with Crippen LogP contribution < -0.4 is 10.6 Å². The molecule has 1 heterocycles. The molecule has 2 unspecified atom stereocenters. The molecular weight excluding hydrogens is 232 g/mol. The Kier molecular flexibility index (Phi) is 3.90. The number of aliphatic hydroxyl groups excluding tert-OH is 1. The van der Waals surface area contributed by atoms with Gasteiger partial charge in [-0.15, -0.1) is 0 Å². The molecule has 0 aromatic carbocycles. The van der Waals surface area contributed by atoms with E-state index in [9.17, 15) is 14.7 Å². The van der Waals surface area contributed by atoms with Gasteiger partial charge in [0.15, 0.2) is 0 Å². The van der Waals surface area contributed by atoms with E-state index in [2.05, 4.69) is 10.6 Å². The van der Waals surface area contributed by atoms with Gasteiger partial charge in [0.1, 0.15) is 5.92 Å². The van der Waals surface area contributed by atoms with Gasteiger partial charge in [0, 0.05) is 12.1 Å². The molecule has 1 saturated heterocycles. The highest BCUT2D eigenvalue weighted by molar-refractivity contribution is 6.01. The summed E-state index contributed by atoms with van der Waals surface area (Å²) in [4.78, 5) is 23.8. The van der Waals surface area contributed by atoms with E-state index >= 15 is 0 Å². The highest BCUT2D eigenvalue weighted by atomic mass is 16.3. The first-order chi connectivity index (χ1) is 8.52. The van der Waals surface area contributed by atoms with Gasteiger partial charge in [0.2, 0.25) is 11.8 Å². The van der Waals surface area contributed by atoms with Gasteiger partial charge in [0.25, 0.3) is 0 Å². The second-order valence-electron chi connectivity index (χ2n) is 5.74. The Bertz CT molecular complexity index is 337. The van der Waals surface area contributed by atoms with Crippen molar-refractivity contribution in [3.8, 4) is 0 Å². The molecule has 1 aliphatic carbocycles. The number of aliphatic hydroxyl groups is 1. The Labute approximate surface area is 107 Å². The van der Waals surface area contributed by atoms with Crippen molar-refractivity contribution in [2.24, 2.45) is 5.92 Å². The van der Waals surface area contributed by atoms with Gasteiger partial charge in [-0.3, -0.25) is 9.59 Å². The third-order valence-electron chi connectivity index (χ3n) is 4.07. The number of amides is 2. The van der Waals surface area contributed by atoms with Crippen LogP contribution in [0.2, 0.25) is 0 Å². The van der Waals surface area contributed by atoms with Gasteiger partial charge < -0.3 is 15.7 Å². The van der Waals surface area contributed by atoms with Gasteiger partial charge in [-0.05, 0) is 26.2 Å². The topological polar surface area (TPSA) is 78.4 Å². The number of carbonyl (C=O) groups is 2. The number of piperidine rings is 1. The number of carbonyl (C=O) groups excluding carboxylic acids is 2. The normalized spacial score (nSPS) is 31.6. The van der Waals surface area contributed by atoms with Gasteiger partial charge in [-0.25, -0.2) is 0 Å². The lowest BCUT2D eigenvalue weighted by Gasteiger charge is -2.37. The van der Waals surface area contributed by atoms with Crippen molar-refractivity contribution >= 4 is 11.8 Å². The number of hydrogen-bond acceptors (Lipinski definition) is 3. The highest BCUT2D eigenvalue weighted by Gasteiger charge is 2.39. The largest absolute Gasteiger partial charge is 0.392 e. The molecule has 0 radical (unpaired) electrons. The molecule has 2 rings (SSSR count). The fraction of sp³-hybridized carbons (Fsp3) is 0.846. The second kappa shape index (κ2) is 5.26. The van der Waals surface area contributed by atoms with E-state index in [1.807, 2.05) is 6.92 Å². The van der Waals surface area contributed by atoms with Gasteiger partial charge in [-0.2, -0.15) is 0 Å². The molecule has 0 aromatic rings. The van der Waals surface area contributed by atoms with E-state index < -0.39 is 12.0 Å². The van der Waals surface area contributed by atoms with E-state index in [0.717, 1.165) is 25.7 Å². The SMILES string of the molecule is CC1(NC(=O)C2C(=O)NCCC2O)CCCCC1. The zero-order chi connectivity index (χ0) is 13.2. The molecule has 2 aliphatic rings. The van der Waals surface area contributed by atoms with Crippen molar-refractivity contribution in [2.75, 3.05) is 6.54 Å². The van der Waals surface area contributed by atoms with Gasteiger partial charge in [-0.1, -0.05) is 19.3 Å². The van der Waals surface area contributed by atoms with Crippen LogP contribution in [0.1, 0.15) is 45.4 Å². The summed E-state index contributed by atoms with van der Waals surface area (Å²) in [6.07, 6.45) is 4.91. The smallest absolute Gasteiger partial charge is 0.235 e. The van der Waals surface area contributed by atoms with Crippen molar-refractivity contribution in [1.29, 1.82) is 0 Å². The summed E-state index contributed by atoms with van der Waals surface area (Å²) in [5.74, 6) is -1.63. The average molecular weight is 254 g/mol. The van der Waals surface area contributed by atoms with Crippen LogP contribution in [0.15, 0.2) is 0 Å². The van der Waals surface area contributed by atoms with Crippen molar-refractivity contribution in [1.82, 2.24) is 10.6 Å². The number of hydrogen-bond donors (Lipinski definition) is 3. The Morgan fingerprint density at radius 1 is 1.39 bits per heavy atom. The maximum atomic E-state index is 12.2. The summed E-state index contributed by atoms with van der Waals surface area (Å²) in [6, 6.07) is 0. The van der Waals surface area contributed by atoms with Crippen LogP contribution in [0.25, 0.3) is 0 Å². The summed E-state index contributed by atoms with van der Waals surface area (Å²) in [7, 11) is 0. The molecule has 5 nitrogen and oxygen atoms in total. The van der Waals surface area contributed by atoms with Gasteiger partial charge >= 0.3 is 0 Å². The predicted molar refractivity (Wildman–Crippen MR) is 66.8 cm³/mol.